The van der Waals surface area contributed by atoms with Gasteiger partial charge in [0.05, 0.1) is 17.1 Å². The van der Waals surface area contributed by atoms with Gasteiger partial charge in [-0.2, -0.15) is 4.31 Å². The van der Waals surface area contributed by atoms with Crippen LogP contribution in [0.25, 0.3) is 0 Å². The lowest BCUT2D eigenvalue weighted by molar-refractivity contribution is 0.0696. The first-order valence-electron chi connectivity index (χ1n) is 6.34. The number of sulfonamides is 1. The number of carbonyl (C=O) groups is 1. The molecule has 7 heteroatoms. The predicted octanol–water partition coefficient (Wildman–Crippen LogP) is 0.839. The smallest absolute Gasteiger partial charge is 0.335 e. The molecule has 2 N–H and O–H groups in total. The van der Waals surface area contributed by atoms with E-state index >= 15 is 0 Å². The SMILES string of the molecule is Cc1ccc(C(=O)O)cc1S(=O)(=O)N1CCCC1CO. The normalized spacial score (nSPS) is 20.2. The molecule has 6 nitrogen and oxygen atoms in total. The summed E-state index contributed by atoms with van der Waals surface area (Å²) in [5.74, 6) is -1.17. The van der Waals surface area contributed by atoms with Crippen LogP contribution in [-0.4, -0.2) is 48.1 Å². The molecule has 0 aliphatic carbocycles. The Bertz CT molecular complexity index is 626. The number of aliphatic hydroxyl groups is 1. The van der Waals surface area contributed by atoms with E-state index in [0.717, 1.165) is 0 Å². The van der Waals surface area contributed by atoms with Gasteiger partial charge < -0.3 is 10.2 Å². The minimum Gasteiger partial charge on any atom is -0.478 e. The van der Waals surface area contributed by atoms with Crippen molar-refractivity contribution in [3.63, 3.8) is 0 Å². The van der Waals surface area contributed by atoms with E-state index in [9.17, 15) is 18.3 Å². The standard InChI is InChI=1S/C13H17NO5S/c1-9-4-5-10(13(16)17)7-12(9)20(18,19)14-6-2-3-11(14)8-15/h4-5,7,11,15H,2-3,6,8H2,1H3,(H,16,17). The lowest BCUT2D eigenvalue weighted by atomic mass is 10.1. The minimum atomic E-state index is -3.78. The zero-order valence-electron chi connectivity index (χ0n) is 11.1. The fourth-order valence-corrected chi connectivity index (χ4v) is 4.38. The Labute approximate surface area is 117 Å². The maximum absolute atomic E-state index is 12.6. The van der Waals surface area contributed by atoms with Crippen LogP contribution in [0.3, 0.4) is 0 Å². The van der Waals surface area contributed by atoms with Gasteiger partial charge in [-0.1, -0.05) is 6.07 Å². The highest BCUT2D eigenvalue weighted by molar-refractivity contribution is 7.89. The van der Waals surface area contributed by atoms with E-state index < -0.39 is 22.0 Å². The molecule has 20 heavy (non-hydrogen) atoms. The van der Waals surface area contributed by atoms with Crippen LogP contribution < -0.4 is 0 Å². The van der Waals surface area contributed by atoms with E-state index in [0.29, 0.717) is 24.9 Å². The lowest BCUT2D eigenvalue weighted by Crippen LogP contribution is -2.38. The molecule has 1 fully saturated rings. The fraction of sp³-hybridized carbons (Fsp3) is 0.462. The first kappa shape index (κ1) is 15.0. The largest absolute Gasteiger partial charge is 0.478 e. The van der Waals surface area contributed by atoms with Crippen LogP contribution in [0.1, 0.15) is 28.8 Å². The van der Waals surface area contributed by atoms with Gasteiger partial charge in [0.25, 0.3) is 0 Å². The number of carboxylic acids is 1. The third-order valence-corrected chi connectivity index (χ3v) is 5.65. The average Bonchev–Trinajstić information content (AvgIpc) is 2.87. The number of nitrogens with zero attached hydrogens (tertiary/aromatic N) is 1. The van der Waals surface area contributed by atoms with Crippen LogP contribution in [0.15, 0.2) is 23.1 Å². The molecule has 0 saturated carbocycles. The van der Waals surface area contributed by atoms with Crippen molar-refractivity contribution in [2.75, 3.05) is 13.2 Å². The number of hydrogen-bond donors (Lipinski definition) is 2. The van der Waals surface area contributed by atoms with Gasteiger partial charge in [-0.15, -0.1) is 0 Å². The van der Waals surface area contributed by atoms with Crippen LogP contribution in [0.4, 0.5) is 0 Å². The third-order valence-electron chi connectivity index (χ3n) is 3.56. The van der Waals surface area contributed by atoms with Crippen molar-refractivity contribution < 1.29 is 23.4 Å². The summed E-state index contributed by atoms with van der Waals surface area (Å²) >= 11 is 0. The first-order chi connectivity index (χ1) is 9.37. The number of carboxylic acid groups (broad SMARTS) is 1. The molecule has 0 aromatic heterocycles. The van der Waals surface area contributed by atoms with Crippen molar-refractivity contribution in [3.8, 4) is 0 Å². The van der Waals surface area contributed by atoms with Gasteiger partial charge in [0.1, 0.15) is 0 Å². The molecule has 1 aromatic carbocycles. The molecule has 1 heterocycles. The molecule has 1 aliphatic rings. The summed E-state index contributed by atoms with van der Waals surface area (Å²) in [6.45, 7) is 1.75. The fourth-order valence-electron chi connectivity index (χ4n) is 2.45. The van der Waals surface area contributed by atoms with E-state index in [4.69, 9.17) is 5.11 Å². The maximum atomic E-state index is 12.6. The zero-order valence-corrected chi connectivity index (χ0v) is 11.9. The van der Waals surface area contributed by atoms with Crippen molar-refractivity contribution in [2.24, 2.45) is 0 Å². The van der Waals surface area contributed by atoms with Gasteiger partial charge in [0.2, 0.25) is 10.0 Å². The molecule has 1 saturated heterocycles. The monoisotopic (exact) mass is 299 g/mol. The number of hydrogen-bond acceptors (Lipinski definition) is 4. The molecule has 1 atom stereocenters. The molecule has 1 unspecified atom stereocenters. The van der Waals surface area contributed by atoms with Crippen molar-refractivity contribution >= 4 is 16.0 Å². The van der Waals surface area contributed by atoms with Crippen molar-refractivity contribution in [2.45, 2.75) is 30.7 Å². The van der Waals surface area contributed by atoms with Crippen LogP contribution >= 0.6 is 0 Å². The van der Waals surface area contributed by atoms with E-state index in [-0.39, 0.29) is 17.1 Å². The van der Waals surface area contributed by atoms with Crippen molar-refractivity contribution in [3.05, 3.63) is 29.3 Å². The van der Waals surface area contributed by atoms with E-state index in [1.54, 1.807) is 6.92 Å². The second kappa shape index (κ2) is 5.51. The number of aromatic carboxylic acids is 1. The molecule has 0 bridgehead atoms. The molecule has 0 amide bonds. The molecule has 2 rings (SSSR count). The van der Waals surface area contributed by atoms with Crippen LogP contribution in [0.2, 0.25) is 0 Å². The molecule has 1 aromatic rings. The quantitative estimate of drug-likeness (QED) is 0.859. The third kappa shape index (κ3) is 2.56. The van der Waals surface area contributed by atoms with Gasteiger partial charge in [-0.3, -0.25) is 0 Å². The first-order valence-corrected chi connectivity index (χ1v) is 7.78. The molecule has 110 valence electrons. The highest BCUT2D eigenvalue weighted by atomic mass is 32.2. The predicted molar refractivity (Wildman–Crippen MR) is 72.1 cm³/mol. The Morgan fingerprint density at radius 2 is 2.15 bits per heavy atom. The summed E-state index contributed by atoms with van der Waals surface area (Å²) in [5.41, 5.74) is 0.438. The number of rotatable bonds is 4. The molecule has 1 aliphatic heterocycles. The topological polar surface area (TPSA) is 94.9 Å². The van der Waals surface area contributed by atoms with Crippen molar-refractivity contribution in [1.29, 1.82) is 0 Å². The van der Waals surface area contributed by atoms with Gasteiger partial charge in [-0.05, 0) is 37.5 Å². The molecular formula is C13H17NO5S. The van der Waals surface area contributed by atoms with Crippen molar-refractivity contribution in [1.82, 2.24) is 4.31 Å². The van der Waals surface area contributed by atoms with Crippen LogP contribution in [0, 0.1) is 6.92 Å². The van der Waals surface area contributed by atoms with E-state index in [1.165, 1.54) is 22.5 Å². The van der Waals surface area contributed by atoms with E-state index in [1.807, 2.05) is 0 Å². The second-order valence-corrected chi connectivity index (χ2v) is 6.74. The Morgan fingerprint density at radius 1 is 1.45 bits per heavy atom. The maximum Gasteiger partial charge on any atom is 0.335 e. The summed E-state index contributed by atoms with van der Waals surface area (Å²) in [6.07, 6.45) is 1.32. The Morgan fingerprint density at radius 3 is 2.75 bits per heavy atom. The van der Waals surface area contributed by atoms with Crippen LogP contribution in [0.5, 0.6) is 0 Å². The van der Waals surface area contributed by atoms with E-state index in [2.05, 4.69) is 0 Å². The van der Waals surface area contributed by atoms with Crippen LogP contribution in [-0.2, 0) is 10.0 Å². The average molecular weight is 299 g/mol. The summed E-state index contributed by atoms with van der Waals surface area (Å²) in [7, 11) is -3.78. The highest BCUT2D eigenvalue weighted by Gasteiger charge is 2.35. The Kier molecular flexibility index (Phi) is 4.12. The molecule has 0 spiro atoms. The Balaban J connectivity index is 2.48. The summed E-state index contributed by atoms with van der Waals surface area (Å²) in [6, 6.07) is 3.62. The summed E-state index contributed by atoms with van der Waals surface area (Å²) in [5, 5.41) is 18.2. The minimum absolute atomic E-state index is 0.00208. The summed E-state index contributed by atoms with van der Waals surface area (Å²) < 4.78 is 26.5. The summed E-state index contributed by atoms with van der Waals surface area (Å²) in [4.78, 5) is 11.0. The number of aliphatic hydroxyl groups excluding tert-OH is 1. The molecule has 0 radical (unpaired) electrons. The van der Waals surface area contributed by atoms with Gasteiger partial charge in [0.15, 0.2) is 0 Å². The van der Waals surface area contributed by atoms with Gasteiger partial charge in [-0.25, -0.2) is 13.2 Å². The zero-order chi connectivity index (χ0) is 14.9. The lowest BCUT2D eigenvalue weighted by Gasteiger charge is -2.23. The molecular weight excluding hydrogens is 282 g/mol. The Hall–Kier alpha value is -1.44. The second-order valence-electron chi connectivity index (χ2n) is 4.88. The number of aryl methyl sites for hydroxylation is 1. The van der Waals surface area contributed by atoms with Gasteiger partial charge in [0, 0.05) is 12.6 Å². The number of benzene rings is 1. The van der Waals surface area contributed by atoms with Gasteiger partial charge >= 0.3 is 5.97 Å². The highest BCUT2D eigenvalue weighted by Crippen LogP contribution is 2.28.